The summed E-state index contributed by atoms with van der Waals surface area (Å²) in [4.78, 5) is 15.7. The van der Waals surface area contributed by atoms with Gasteiger partial charge < -0.3 is 4.57 Å². The summed E-state index contributed by atoms with van der Waals surface area (Å²) in [5, 5.41) is 4.70. The van der Waals surface area contributed by atoms with Crippen molar-refractivity contribution in [2.75, 3.05) is 0 Å². The lowest BCUT2D eigenvalue weighted by atomic mass is 10.1. The second-order valence-corrected chi connectivity index (χ2v) is 12.9. The Balaban J connectivity index is 1.47. The summed E-state index contributed by atoms with van der Waals surface area (Å²) in [6.45, 7) is 8.48. The van der Waals surface area contributed by atoms with Crippen LogP contribution < -0.4 is 0 Å². The lowest BCUT2D eigenvalue weighted by Crippen LogP contribution is -2.07. The predicted molar refractivity (Wildman–Crippen MR) is 198 cm³/mol. The molecule has 0 spiro atoms. The third-order valence-corrected chi connectivity index (χ3v) is 9.27. The Morgan fingerprint density at radius 2 is 0.833 bits per heavy atom. The van der Waals surface area contributed by atoms with Gasteiger partial charge in [-0.1, -0.05) is 101 Å². The molecule has 0 fully saturated rings. The van der Waals surface area contributed by atoms with Gasteiger partial charge in [0.2, 0.25) is 5.95 Å². The lowest BCUT2D eigenvalue weighted by molar-refractivity contribution is 0.952. The number of hydrogen-bond acceptors (Lipinski definition) is 3. The summed E-state index contributed by atoms with van der Waals surface area (Å²) in [7, 11) is 0. The molecule has 0 aliphatic heterocycles. The lowest BCUT2D eigenvalue weighted by Gasteiger charge is -2.14. The van der Waals surface area contributed by atoms with E-state index < -0.39 is 0 Å². The van der Waals surface area contributed by atoms with Gasteiger partial charge in [0.1, 0.15) is 0 Å². The van der Waals surface area contributed by atoms with E-state index in [1.54, 1.807) is 0 Å². The molecule has 0 unspecified atom stereocenters. The Hall–Kier alpha value is -6.07. The highest BCUT2D eigenvalue weighted by atomic mass is 15.2. The van der Waals surface area contributed by atoms with Crippen molar-refractivity contribution < 1.29 is 0 Å². The Morgan fingerprint density at radius 3 is 1.35 bits per heavy atom. The van der Waals surface area contributed by atoms with Crippen LogP contribution in [0.5, 0.6) is 0 Å². The van der Waals surface area contributed by atoms with Crippen molar-refractivity contribution in [1.29, 1.82) is 0 Å². The number of nitrogens with zero attached hydrogens (tertiary/aromatic N) is 5. The predicted octanol–water partition coefficient (Wildman–Crippen LogP) is 10.6. The summed E-state index contributed by atoms with van der Waals surface area (Å²) in [6, 6.07) is 45.4. The molecule has 0 amide bonds. The maximum absolute atomic E-state index is 5.29. The van der Waals surface area contributed by atoms with E-state index in [9.17, 15) is 0 Å². The van der Waals surface area contributed by atoms with Gasteiger partial charge in [-0.15, -0.1) is 0 Å². The standard InChI is InChI=1S/C43H33N5/c1-26-20-27(2)23-30(22-26)41-44-42(31-24-28(3)21-29(4)25-31)46-43(45-41)48-38-17-11-9-15-34(38)36-19-18-35-33-14-8-10-16-37(33)47(39(35)40(36)48)32-12-6-5-7-13-32/h5-25H,1-4H3. The number of para-hydroxylation sites is 3. The van der Waals surface area contributed by atoms with Gasteiger partial charge in [-0.2, -0.15) is 9.97 Å². The number of fused-ring (bicyclic) bond motifs is 7. The van der Waals surface area contributed by atoms with Crippen LogP contribution in [-0.2, 0) is 0 Å². The van der Waals surface area contributed by atoms with Gasteiger partial charge >= 0.3 is 0 Å². The Bertz CT molecular complexity index is 2600. The largest absolute Gasteiger partial charge is 0.307 e. The van der Waals surface area contributed by atoms with E-state index in [2.05, 4.69) is 164 Å². The Morgan fingerprint density at radius 1 is 0.396 bits per heavy atom. The van der Waals surface area contributed by atoms with Crippen LogP contribution >= 0.6 is 0 Å². The molecule has 0 radical (unpaired) electrons. The van der Waals surface area contributed by atoms with Crippen LogP contribution in [0.15, 0.2) is 127 Å². The first kappa shape index (κ1) is 28.2. The van der Waals surface area contributed by atoms with Crippen LogP contribution in [-0.4, -0.2) is 24.1 Å². The highest BCUT2D eigenvalue weighted by molar-refractivity contribution is 6.23. The summed E-state index contributed by atoms with van der Waals surface area (Å²) in [6.07, 6.45) is 0. The van der Waals surface area contributed by atoms with Crippen LogP contribution in [0.2, 0.25) is 0 Å². The van der Waals surface area contributed by atoms with Crippen molar-refractivity contribution in [2.24, 2.45) is 0 Å². The fourth-order valence-electron chi connectivity index (χ4n) is 7.48. The molecule has 5 nitrogen and oxygen atoms in total. The first-order chi connectivity index (χ1) is 23.4. The van der Waals surface area contributed by atoms with Crippen molar-refractivity contribution in [2.45, 2.75) is 27.7 Å². The topological polar surface area (TPSA) is 48.5 Å². The van der Waals surface area contributed by atoms with Crippen LogP contribution in [0.4, 0.5) is 0 Å². The van der Waals surface area contributed by atoms with Gasteiger partial charge in [0.25, 0.3) is 0 Å². The molecule has 0 aliphatic carbocycles. The zero-order valence-electron chi connectivity index (χ0n) is 27.4. The molecule has 0 aliphatic rings. The molecule has 3 heterocycles. The van der Waals surface area contributed by atoms with E-state index in [0.717, 1.165) is 49.7 Å². The molecule has 230 valence electrons. The summed E-state index contributed by atoms with van der Waals surface area (Å²) in [5.41, 5.74) is 12.1. The van der Waals surface area contributed by atoms with Crippen molar-refractivity contribution in [3.05, 3.63) is 150 Å². The van der Waals surface area contributed by atoms with E-state index in [0.29, 0.717) is 17.6 Å². The minimum Gasteiger partial charge on any atom is -0.307 e. The second kappa shape index (κ2) is 10.7. The average Bonchev–Trinajstić information content (AvgIpc) is 3.61. The first-order valence-corrected chi connectivity index (χ1v) is 16.4. The summed E-state index contributed by atoms with van der Waals surface area (Å²) in [5.74, 6) is 1.90. The van der Waals surface area contributed by atoms with E-state index in [4.69, 9.17) is 15.0 Å². The molecule has 48 heavy (non-hydrogen) atoms. The molecular formula is C43H33N5. The SMILES string of the molecule is Cc1cc(C)cc(-c2nc(-c3cc(C)cc(C)c3)nc(-n3c4ccccc4c4ccc5c6ccccc6n(-c6ccccc6)c5c43)n2)c1. The second-order valence-electron chi connectivity index (χ2n) is 12.9. The zero-order valence-corrected chi connectivity index (χ0v) is 27.4. The quantitative estimate of drug-likeness (QED) is 0.197. The van der Waals surface area contributed by atoms with Gasteiger partial charge in [-0.3, -0.25) is 4.57 Å². The molecule has 9 rings (SSSR count). The van der Waals surface area contributed by atoms with Crippen molar-refractivity contribution >= 4 is 43.6 Å². The van der Waals surface area contributed by atoms with E-state index >= 15 is 0 Å². The monoisotopic (exact) mass is 619 g/mol. The fourth-order valence-corrected chi connectivity index (χ4v) is 7.48. The Kier molecular flexibility index (Phi) is 6.31. The van der Waals surface area contributed by atoms with Crippen LogP contribution in [0, 0.1) is 27.7 Å². The van der Waals surface area contributed by atoms with Gasteiger partial charge in [-0.25, -0.2) is 4.98 Å². The number of hydrogen-bond donors (Lipinski definition) is 0. The zero-order chi connectivity index (χ0) is 32.5. The molecule has 0 saturated heterocycles. The van der Waals surface area contributed by atoms with E-state index in [1.807, 2.05) is 0 Å². The van der Waals surface area contributed by atoms with Crippen molar-refractivity contribution in [3.63, 3.8) is 0 Å². The van der Waals surface area contributed by atoms with E-state index in [1.165, 1.54) is 33.0 Å². The van der Waals surface area contributed by atoms with Crippen molar-refractivity contribution in [1.82, 2.24) is 24.1 Å². The van der Waals surface area contributed by atoms with Gasteiger partial charge in [0.15, 0.2) is 11.6 Å². The smallest absolute Gasteiger partial charge is 0.238 e. The summed E-state index contributed by atoms with van der Waals surface area (Å²) >= 11 is 0. The molecule has 3 aromatic heterocycles. The number of rotatable bonds is 4. The number of aromatic nitrogens is 5. The van der Waals surface area contributed by atoms with Crippen LogP contribution in [0.3, 0.4) is 0 Å². The fraction of sp³-hybridized carbons (Fsp3) is 0.0930. The molecule has 0 bridgehead atoms. The normalized spacial score (nSPS) is 11.8. The molecular weight excluding hydrogens is 587 g/mol. The van der Waals surface area contributed by atoms with Crippen LogP contribution in [0.25, 0.3) is 78.0 Å². The average molecular weight is 620 g/mol. The maximum atomic E-state index is 5.29. The first-order valence-electron chi connectivity index (χ1n) is 16.4. The van der Waals surface area contributed by atoms with E-state index in [-0.39, 0.29) is 0 Å². The highest BCUT2D eigenvalue weighted by Gasteiger charge is 2.23. The molecule has 5 heteroatoms. The third-order valence-electron chi connectivity index (χ3n) is 9.27. The minimum atomic E-state index is 0.594. The third kappa shape index (κ3) is 4.43. The molecule has 0 atom stereocenters. The maximum Gasteiger partial charge on any atom is 0.238 e. The highest BCUT2D eigenvalue weighted by Crippen LogP contribution is 2.41. The number of benzene rings is 6. The molecule has 0 N–H and O–H groups in total. The Labute approximate surface area is 278 Å². The van der Waals surface area contributed by atoms with Crippen LogP contribution in [0.1, 0.15) is 22.3 Å². The van der Waals surface area contributed by atoms with Gasteiger partial charge in [-0.05, 0) is 76.2 Å². The molecule has 9 aromatic rings. The van der Waals surface area contributed by atoms with Gasteiger partial charge in [0.05, 0.1) is 22.1 Å². The molecule has 6 aromatic carbocycles. The van der Waals surface area contributed by atoms with Gasteiger partial charge in [0, 0.05) is 38.4 Å². The summed E-state index contributed by atoms with van der Waals surface area (Å²) < 4.78 is 4.64. The minimum absolute atomic E-state index is 0.594. The molecule has 0 saturated carbocycles. The number of aryl methyl sites for hydroxylation is 4. The van der Waals surface area contributed by atoms with Crippen molar-refractivity contribution in [3.8, 4) is 34.4 Å².